The van der Waals surface area contributed by atoms with E-state index in [1.807, 2.05) is 0 Å². The molecule has 2 rings (SSSR count). The molecule has 1 aromatic rings. The summed E-state index contributed by atoms with van der Waals surface area (Å²) >= 11 is 0. The second-order valence-corrected chi connectivity index (χ2v) is 2.96. The van der Waals surface area contributed by atoms with Crippen molar-refractivity contribution in [2.75, 3.05) is 13.2 Å². The smallest absolute Gasteiger partial charge is 0.162 e. The van der Waals surface area contributed by atoms with E-state index < -0.39 is 0 Å². The van der Waals surface area contributed by atoms with Crippen LogP contribution in [-0.2, 0) is 22.6 Å². The molecule has 1 saturated heterocycles. The van der Waals surface area contributed by atoms with Gasteiger partial charge in [-0.05, 0) is 0 Å². The maximum atomic E-state index is 5.42. The summed E-state index contributed by atoms with van der Waals surface area (Å²) in [6.07, 6.45) is 0.214. The largest absolute Gasteiger partial charge is 0.376 e. The normalized spacial score (nSPS) is 17.3. The van der Waals surface area contributed by atoms with Gasteiger partial charge in [0.25, 0.3) is 0 Å². The number of rotatable bonds is 4. The maximum Gasteiger partial charge on any atom is 0.162 e. The molecular formula is C8H12N2O3. The topological polar surface area (TPSA) is 70.5 Å². The number of nitrogens with two attached hydrogens (primary N) is 1. The number of hydrogen-bond donors (Lipinski definition) is 1. The van der Waals surface area contributed by atoms with E-state index in [0.717, 1.165) is 5.69 Å². The molecule has 0 amide bonds. The predicted molar refractivity (Wildman–Crippen MR) is 43.8 cm³/mol. The standard InChI is InChI=1S/C8H12N2O3/c9-2-6-1-7(13-10-6)5-12-8-3-11-4-8/h1,8H,2-5,9H2. The number of ether oxygens (including phenoxy) is 2. The summed E-state index contributed by atoms with van der Waals surface area (Å²) in [4.78, 5) is 0. The lowest BCUT2D eigenvalue weighted by Crippen LogP contribution is -2.35. The van der Waals surface area contributed by atoms with Crippen molar-refractivity contribution in [2.24, 2.45) is 5.73 Å². The lowest BCUT2D eigenvalue weighted by Gasteiger charge is -2.25. The highest BCUT2D eigenvalue weighted by molar-refractivity contribution is 5.03. The lowest BCUT2D eigenvalue weighted by atomic mass is 10.3. The molecule has 0 radical (unpaired) electrons. The van der Waals surface area contributed by atoms with Crippen LogP contribution in [-0.4, -0.2) is 24.5 Å². The molecule has 0 aliphatic carbocycles. The van der Waals surface area contributed by atoms with Crippen molar-refractivity contribution >= 4 is 0 Å². The number of aromatic nitrogens is 1. The Labute approximate surface area is 75.8 Å². The van der Waals surface area contributed by atoms with Gasteiger partial charge in [-0.3, -0.25) is 0 Å². The summed E-state index contributed by atoms with van der Waals surface area (Å²) in [5, 5.41) is 3.75. The van der Waals surface area contributed by atoms with Crippen LogP contribution in [0, 0.1) is 0 Å². The van der Waals surface area contributed by atoms with Crippen LogP contribution in [0.2, 0.25) is 0 Å². The van der Waals surface area contributed by atoms with Gasteiger partial charge in [0.15, 0.2) is 5.76 Å². The minimum Gasteiger partial charge on any atom is -0.376 e. The SMILES string of the molecule is NCc1cc(COC2COC2)on1. The van der Waals surface area contributed by atoms with Crippen LogP contribution < -0.4 is 5.73 Å². The monoisotopic (exact) mass is 184 g/mol. The predicted octanol–water partition coefficient (Wildman–Crippen LogP) is 0.0487. The van der Waals surface area contributed by atoms with Gasteiger partial charge in [0.2, 0.25) is 0 Å². The third-order valence-electron chi connectivity index (χ3n) is 1.89. The fourth-order valence-corrected chi connectivity index (χ4v) is 1.03. The third-order valence-corrected chi connectivity index (χ3v) is 1.89. The zero-order chi connectivity index (χ0) is 9.10. The molecule has 13 heavy (non-hydrogen) atoms. The summed E-state index contributed by atoms with van der Waals surface area (Å²) in [5.41, 5.74) is 6.13. The molecule has 0 spiro atoms. The Morgan fingerprint density at radius 1 is 1.62 bits per heavy atom. The molecule has 5 nitrogen and oxygen atoms in total. The second-order valence-electron chi connectivity index (χ2n) is 2.96. The van der Waals surface area contributed by atoms with E-state index >= 15 is 0 Å². The maximum absolute atomic E-state index is 5.42. The van der Waals surface area contributed by atoms with Crippen molar-refractivity contribution < 1.29 is 14.0 Å². The Balaban J connectivity index is 1.79. The van der Waals surface area contributed by atoms with Crippen molar-refractivity contribution in [1.82, 2.24) is 5.16 Å². The Bertz CT molecular complexity index is 270. The van der Waals surface area contributed by atoms with E-state index in [1.54, 1.807) is 6.07 Å². The summed E-state index contributed by atoms with van der Waals surface area (Å²) < 4.78 is 15.4. The Morgan fingerprint density at radius 3 is 3.00 bits per heavy atom. The molecule has 1 aliphatic rings. The van der Waals surface area contributed by atoms with Crippen LogP contribution in [0.25, 0.3) is 0 Å². The summed E-state index contributed by atoms with van der Waals surface area (Å²) in [6, 6.07) is 1.81. The van der Waals surface area contributed by atoms with Crippen molar-refractivity contribution in [1.29, 1.82) is 0 Å². The van der Waals surface area contributed by atoms with Crippen LogP contribution in [0.15, 0.2) is 10.6 Å². The molecule has 2 heterocycles. The van der Waals surface area contributed by atoms with Crippen molar-refractivity contribution in [3.05, 3.63) is 17.5 Å². The number of nitrogens with zero attached hydrogens (tertiary/aromatic N) is 1. The molecule has 1 fully saturated rings. The molecular weight excluding hydrogens is 172 g/mol. The van der Waals surface area contributed by atoms with Gasteiger partial charge in [-0.1, -0.05) is 5.16 Å². The zero-order valence-corrected chi connectivity index (χ0v) is 7.23. The van der Waals surface area contributed by atoms with Gasteiger partial charge in [0, 0.05) is 12.6 Å². The fraction of sp³-hybridized carbons (Fsp3) is 0.625. The summed E-state index contributed by atoms with van der Waals surface area (Å²) in [6.45, 7) is 2.20. The van der Waals surface area contributed by atoms with Gasteiger partial charge in [-0.15, -0.1) is 0 Å². The molecule has 2 N–H and O–H groups in total. The summed E-state index contributed by atoms with van der Waals surface area (Å²) in [7, 11) is 0. The molecule has 72 valence electrons. The van der Waals surface area contributed by atoms with Crippen LogP contribution in [0.3, 0.4) is 0 Å². The van der Waals surface area contributed by atoms with Gasteiger partial charge in [0.1, 0.15) is 12.7 Å². The first-order chi connectivity index (χ1) is 6.38. The van der Waals surface area contributed by atoms with Crippen molar-refractivity contribution in [3.63, 3.8) is 0 Å². The first-order valence-electron chi connectivity index (χ1n) is 4.22. The highest BCUT2D eigenvalue weighted by atomic mass is 16.6. The van der Waals surface area contributed by atoms with Gasteiger partial charge in [-0.2, -0.15) is 0 Å². The van der Waals surface area contributed by atoms with Crippen LogP contribution in [0.4, 0.5) is 0 Å². The lowest BCUT2D eigenvalue weighted by molar-refractivity contribution is -0.138. The number of hydrogen-bond acceptors (Lipinski definition) is 5. The van der Waals surface area contributed by atoms with Crippen LogP contribution in [0.5, 0.6) is 0 Å². The molecule has 5 heteroatoms. The van der Waals surface area contributed by atoms with Gasteiger partial charge < -0.3 is 19.7 Å². The van der Waals surface area contributed by atoms with Gasteiger partial charge in [-0.25, -0.2) is 0 Å². The average Bonchev–Trinajstić information content (AvgIpc) is 2.49. The molecule has 0 unspecified atom stereocenters. The van der Waals surface area contributed by atoms with Crippen LogP contribution in [0.1, 0.15) is 11.5 Å². The Hall–Kier alpha value is -0.910. The van der Waals surface area contributed by atoms with E-state index in [4.69, 9.17) is 19.7 Å². The van der Waals surface area contributed by atoms with E-state index in [0.29, 0.717) is 32.1 Å². The molecule has 1 aromatic heterocycles. The highest BCUT2D eigenvalue weighted by Gasteiger charge is 2.19. The van der Waals surface area contributed by atoms with E-state index in [9.17, 15) is 0 Å². The molecule has 0 saturated carbocycles. The van der Waals surface area contributed by atoms with E-state index in [1.165, 1.54) is 0 Å². The second kappa shape index (κ2) is 3.87. The van der Waals surface area contributed by atoms with E-state index in [-0.39, 0.29) is 6.10 Å². The van der Waals surface area contributed by atoms with Crippen molar-refractivity contribution in [2.45, 2.75) is 19.3 Å². The first-order valence-corrected chi connectivity index (χ1v) is 4.22. The van der Waals surface area contributed by atoms with Crippen LogP contribution >= 0.6 is 0 Å². The molecule has 1 aliphatic heterocycles. The first kappa shape index (κ1) is 8.68. The molecule has 0 atom stereocenters. The zero-order valence-electron chi connectivity index (χ0n) is 7.23. The third kappa shape index (κ3) is 2.06. The quantitative estimate of drug-likeness (QED) is 0.715. The minimum atomic E-state index is 0.214. The summed E-state index contributed by atoms with van der Waals surface area (Å²) in [5.74, 6) is 0.715. The molecule has 0 aromatic carbocycles. The highest BCUT2D eigenvalue weighted by Crippen LogP contribution is 2.10. The minimum absolute atomic E-state index is 0.214. The van der Waals surface area contributed by atoms with E-state index in [2.05, 4.69) is 5.16 Å². The Kier molecular flexibility index (Phi) is 2.58. The Morgan fingerprint density at radius 2 is 2.46 bits per heavy atom. The molecule has 0 bridgehead atoms. The fourth-order valence-electron chi connectivity index (χ4n) is 1.03. The van der Waals surface area contributed by atoms with Gasteiger partial charge >= 0.3 is 0 Å². The van der Waals surface area contributed by atoms with Gasteiger partial charge in [0.05, 0.1) is 18.9 Å². The average molecular weight is 184 g/mol. The van der Waals surface area contributed by atoms with Crippen molar-refractivity contribution in [3.8, 4) is 0 Å².